The first-order valence-electron chi connectivity index (χ1n) is 6.26. The van der Waals surface area contributed by atoms with Gasteiger partial charge in [-0.1, -0.05) is 6.92 Å². The normalized spacial score (nSPS) is 12.1. The summed E-state index contributed by atoms with van der Waals surface area (Å²) >= 11 is 3.29. The van der Waals surface area contributed by atoms with Crippen LogP contribution in [0, 0.1) is 0 Å². The molecule has 0 saturated heterocycles. The molecule has 112 valence electrons. The van der Waals surface area contributed by atoms with E-state index in [-0.39, 0.29) is 11.6 Å². The van der Waals surface area contributed by atoms with Gasteiger partial charge in [0.05, 0.1) is 22.6 Å². The lowest BCUT2D eigenvalue weighted by atomic mass is 10.2. The number of nitrogens with zero attached hydrogens (tertiary/aromatic N) is 4. The molecule has 8 nitrogen and oxygen atoms in total. The van der Waals surface area contributed by atoms with Gasteiger partial charge in [-0.2, -0.15) is 10.2 Å². The predicted molar refractivity (Wildman–Crippen MR) is 79.6 cm³/mol. The number of nitrogens with one attached hydrogen (secondary N) is 1. The van der Waals surface area contributed by atoms with Crippen molar-refractivity contribution in [1.29, 1.82) is 0 Å². The van der Waals surface area contributed by atoms with Crippen LogP contribution in [0.3, 0.4) is 0 Å². The Bertz CT molecular complexity index is 677. The van der Waals surface area contributed by atoms with Crippen LogP contribution in [0.2, 0.25) is 0 Å². The van der Waals surface area contributed by atoms with E-state index in [4.69, 9.17) is 5.73 Å². The van der Waals surface area contributed by atoms with Crippen molar-refractivity contribution in [2.45, 2.75) is 19.4 Å². The summed E-state index contributed by atoms with van der Waals surface area (Å²) in [5.41, 5.74) is 5.73. The maximum atomic E-state index is 12.4. The molecule has 0 fully saturated rings. The molecule has 2 aromatic heterocycles. The van der Waals surface area contributed by atoms with Crippen LogP contribution in [-0.2, 0) is 11.8 Å². The SMILES string of the molecule is CCC(C(=O)Nc1cnn(C)c1C(N)=O)n1cc(Br)cn1. The third-order valence-corrected chi connectivity index (χ3v) is 3.42. The highest BCUT2D eigenvalue weighted by atomic mass is 79.9. The third-order valence-electron chi connectivity index (χ3n) is 3.01. The fraction of sp³-hybridized carbons (Fsp3) is 0.333. The number of anilines is 1. The number of hydrogen-bond acceptors (Lipinski definition) is 4. The summed E-state index contributed by atoms with van der Waals surface area (Å²) in [6.07, 6.45) is 5.26. The maximum absolute atomic E-state index is 12.4. The summed E-state index contributed by atoms with van der Waals surface area (Å²) < 4.78 is 3.66. The van der Waals surface area contributed by atoms with Gasteiger partial charge >= 0.3 is 0 Å². The van der Waals surface area contributed by atoms with Crippen molar-refractivity contribution >= 4 is 33.4 Å². The highest BCUT2D eigenvalue weighted by Crippen LogP contribution is 2.19. The molecule has 3 N–H and O–H groups in total. The molecular weight excluding hydrogens is 340 g/mol. The number of carbonyl (C=O) groups is 2. The first-order valence-corrected chi connectivity index (χ1v) is 7.05. The average molecular weight is 355 g/mol. The summed E-state index contributed by atoms with van der Waals surface area (Å²) in [6, 6.07) is -0.489. The Hall–Kier alpha value is -2.16. The Morgan fingerprint density at radius 3 is 2.67 bits per heavy atom. The van der Waals surface area contributed by atoms with Crippen molar-refractivity contribution in [2.24, 2.45) is 12.8 Å². The molecule has 1 unspecified atom stereocenters. The van der Waals surface area contributed by atoms with Gasteiger partial charge in [-0.3, -0.25) is 19.0 Å². The van der Waals surface area contributed by atoms with Crippen molar-refractivity contribution in [3.05, 3.63) is 28.8 Å². The predicted octanol–water partition coefficient (Wildman–Crippen LogP) is 1.07. The molecule has 0 bridgehead atoms. The fourth-order valence-electron chi connectivity index (χ4n) is 2.02. The molecule has 0 saturated carbocycles. The van der Waals surface area contributed by atoms with E-state index in [0.717, 1.165) is 4.47 Å². The van der Waals surface area contributed by atoms with Crippen LogP contribution >= 0.6 is 15.9 Å². The van der Waals surface area contributed by atoms with E-state index in [0.29, 0.717) is 12.1 Å². The minimum atomic E-state index is -0.653. The Morgan fingerprint density at radius 1 is 1.43 bits per heavy atom. The van der Waals surface area contributed by atoms with E-state index < -0.39 is 11.9 Å². The highest BCUT2D eigenvalue weighted by Gasteiger charge is 2.22. The molecule has 0 aliphatic rings. The zero-order valence-corrected chi connectivity index (χ0v) is 13.2. The largest absolute Gasteiger partial charge is 0.364 e. The molecule has 1 atom stereocenters. The zero-order chi connectivity index (χ0) is 15.6. The first kappa shape index (κ1) is 15.2. The second-order valence-corrected chi connectivity index (χ2v) is 5.36. The van der Waals surface area contributed by atoms with E-state index in [2.05, 4.69) is 31.4 Å². The van der Waals surface area contributed by atoms with Crippen molar-refractivity contribution in [2.75, 3.05) is 5.32 Å². The maximum Gasteiger partial charge on any atom is 0.269 e. The number of carbonyl (C=O) groups excluding carboxylic acids is 2. The molecule has 21 heavy (non-hydrogen) atoms. The van der Waals surface area contributed by atoms with Crippen LogP contribution in [0.5, 0.6) is 0 Å². The summed E-state index contributed by atoms with van der Waals surface area (Å²) in [5.74, 6) is -0.941. The lowest BCUT2D eigenvalue weighted by Crippen LogP contribution is -2.27. The molecule has 0 aliphatic carbocycles. The topological polar surface area (TPSA) is 108 Å². The minimum absolute atomic E-state index is 0.153. The smallest absolute Gasteiger partial charge is 0.269 e. The quantitative estimate of drug-likeness (QED) is 0.836. The molecule has 2 aromatic rings. The number of primary amides is 1. The van der Waals surface area contributed by atoms with Crippen molar-refractivity contribution in [3.8, 4) is 0 Å². The molecule has 2 rings (SSSR count). The van der Waals surface area contributed by atoms with Gasteiger partial charge in [0.15, 0.2) is 0 Å². The van der Waals surface area contributed by atoms with Gasteiger partial charge in [0.2, 0.25) is 5.91 Å². The Morgan fingerprint density at radius 2 is 2.14 bits per heavy atom. The molecule has 2 amide bonds. The van der Waals surface area contributed by atoms with Crippen LogP contribution in [0.15, 0.2) is 23.1 Å². The summed E-state index contributed by atoms with van der Waals surface area (Å²) in [7, 11) is 1.58. The number of aromatic nitrogens is 4. The van der Waals surface area contributed by atoms with Gasteiger partial charge in [-0.05, 0) is 22.4 Å². The van der Waals surface area contributed by atoms with E-state index in [1.165, 1.54) is 10.9 Å². The zero-order valence-electron chi connectivity index (χ0n) is 11.6. The highest BCUT2D eigenvalue weighted by molar-refractivity contribution is 9.10. The first-order chi connectivity index (χ1) is 9.93. The van der Waals surface area contributed by atoms with Gasteiger partial charge in [-0.25, -0.2) is 0 Å². The molecule has 0 aliphatic heterocycles. The van der Waals surface area contributed by atoms with Crippen LogP contribution in [0.4, 0.5) is 5.69 Å². The number of nitrogens with two attached hydrogens (primary N) is 1. The Labute approximate surface area is 129 Å². The van der Waals surface area contributed by atoms with E-state index in [1.807, 2.05) is 6.92 Å². The number of hydrogen-bond donors (Lipinski definition) is 2. The van der Waals surface area contributed by atoms with Gasteiger partial charge < -0.3 is 11.1 Å². The number of halogens is 1. The molecule has 0 spiro atoms. The van der Waals surface area contributed by atoms with Crippen molar-refractivity contribution in [1.82, 2.24) is 19.6 Å². The van der Waals surface area contributed by atoms with Gasteiger partial charge in [0.1, 0.15) is 11.7 Å². The van der Waals surface area contributed by atoms with Crippen LogP contribution < -0.4 is 11.1 Å². The lowest BCUT2D eigenvalue weighted by Gasteiger charge is -2.15. The second-order valence-electron chi connectivity index (χ2n) is 4.45. The Balaban J connectivity index is 2.22. The fourth-order valence-corrected chi connectivity index (χ4v) is 2.32. The third kappa shape index (κ3) is 3.13. The molecule has 9 heteroatoms. The number of aryl methyl sites for hydroxylation is 1. The van der Waals surface area contributed by atoms with E-state index >= 15 is 0 Å². The summed E-state index contributed by atoms with van der Waals surface area (Å²) in [6.45, 7) is 1.87. The van der Waals surface area contributed by atoms with Crippen molar-refractivity contribution < 1.29 is 9.59 Å². The van der Waals surface area contributed by atoms with E-state index in [1.54, 1.807) is 24.1 Å². The van der Waals surface area contributed by atoms with Crippen LogP contribution in [0.1, 0.15) is 29.9 Å². The van der Waals surface area contributed by atoms with Gasteiger partial charge in [0, 0.05) is 13.2 Å². The van der Waals surface area contributed by atoms with E-state index in [9.17, 15) is 9.59 Å². The average Bonchev–Trinajstić information content (AvgIpc) is 2.97. The summed E-state index contributed by atoms with van der Waals surface area (Å²) in [5, 5.41) is 10.7. The lowest BCUT2D eigenvalue weighted by molar-refractivity contribution is -0.119. The Kier molecular flexibility index (Phi) is 4.41. The van der Waals surface area contributed by atoms with Crippen LogP contribution in [-0.4, -0.2) is 31.4 Å². The molecular formula is C12H15BrN6O2. The van der Waals surface area contributed by atoms with Gasteiger partial charge in [-0.15, -0.1) is 0 Å². The molecule has 2 heterocycles. The number of amides is 2. The monoisotopic (exact) mass is 354 g/mol. The van der Waals surface area contributed by atoms with Crippen LogP contribution in [0.25, 0.3) is 0 Å². The molecule has 0 radical (unpaired) electrons. The minimum Gasteiger partial charge on any atom is -0.364 e. The second kappa shape index (κ2) is 6.08. The van der Waals surface area contributed by atoms with Crippen molar-refractivity contribution in [3.63, 3.8) is 0 Å². The summed E-state index contributed by atoms with van der Waals surface area (Å²) in [4.78, 5) is 23.7. The standard InChI is InChI=1S/C12H15BrN6O2/c1-3-9(19-6-7(13)4-16-19)12(21)17-8-5-15-18(2)10(8)11(14)20/h4-6,9H,3H2,1-2H3,(H2,14,20)(H,17,21). The van der Waals surface area contributed by atoms with Gasteiger partial charge in [0.25, 0.3) is 5.91 Å². The number of rotatable bonds is 5. The molecule has 0 aromatic carbocycles.